The van der Waals surface area contributed by atoms with Crippen molar-refractivity contribution in [2.75, 3.05) is 7.11 Å². The second-order valence-electron chi connectivity index (χ2n) is 12.2. The van der Waals surface area contributed by atoms with Crippen LogP contribution in [0.1, 0.15) is 85.0 Å². The van der Waals surface area contributed by atoms with Crippen LogP contribution in [-0.2, 0) is 29.2 Å². The highest BCUT2D eigenvalue weighted by atomic mass is 32.2. The molecule has 194 valence electrons. The molecule has 34 heavy (non-hydrogen) atoms. The largest absolute Gasteiger partial charge is 0.469 e. The summed E-state index contributed by atoms with van der Waals surface area (Å²) in [5.74, 6) is 1.20. The first-order valence-corrected chi connectivity index (χ1v) is 14.6. The van der Waals surface area contributed by atoms with Gasteiger partial charge >= 0.3 is 5.97 Å². The minimum atomic E-state index is -4.20. The maximum Gasteiger partial charge on any atom is 0.305 e. The van der Waals surface area contributed by atoms with Gasteiger partial charge in [-0.05, 0) is 104 Å². The lowest BCUT2D eigenvalue weighted by molar-refractivity contribution is -0.150. The van der Waals surface area contributed by atoms with Gasteiger partial charge in [0.15, 0.2) is 0 Å². The number of carbonyl (C=O) groups is 2. The average molecular weight is 499 g/mol. The van der Waals surface area contributed by atoms with Crippen LogP contribution < -0.4 is 0 Å². The Bertz CT molecular complexity index is 888. The molecule has 4 aliphatic carbocycles. The summed E-state index contributed by atoms with van der Waals surface area (Å²) >= 11 is 0. The van der Waals surface area contributed by atoms with Gasteiger partial charge in [0.25, 0.3) is 16.6 Å². The first kappa shape index (κ1) is 25.9. The molecule has 0 aromatic heterocycles. The fraction of sp³-hybridized carbons (Fsp3) is 0.923. The molecule has 1 N–H and O–H groups in total. The highest BCUT2D eigenvalue weighted by Gasteiger charge is 2.64. The van der Waals surface area contributed by atoms with Crippen molar-refractivity contribution in [3.05, 3.63) is 0 Å². The van der Waals surface area contributed by atoms with E-state index in [2.05, 4.69) is 20.8 Å². The monoisotopic (exact) mass is 498 g/mol. The van der Waals surface area contributed by atoms with Gasteiger partial charge < -0.3 is 9.47 Å². The number of rotatable bonds is 7. The Balaban J connectivity index is 1.62. The van der Waals surface area contributed by atoms with E-state index in [4.69, 9.17) is 9.47 Å². The molecule has 0 bridgehead atoms. The SMILES string of the molecule is COC(=O)CC[C@@H](C)[C@H]1CCC2[C@H]3C(CC[C@@]21C)[C@@]1(C)CC[C@@H](OC=O)C[C@H]1C[C@H]3S(=O)(=O)O. The Morgan fingerprint density at radius 1 is 1.09 bits per heavy atom. The summed E-state index contributed by atoms with van der Waals surface area (Å²) in [6.07, 6.45) is 7.97. The van der Waals surface area contributed by atoms with E-state index in [0.29, 0.717) is 37.6 Å². The van der Waals surface area contributed by atoms with E-state index in [1.807, 2.05) is 0 Å². The molecular weight excluding hydrogens is 456 g/mol. The van der Waals surface area contributed by atoms with Crippen LogP contribution in [0.4, 0.5) is 0 Å². The predicted octanol–water partition coefficient (Wildman–Crippen LogP) is 4.64. The number of esters is 1. The summed E-state index contributed by atoms with van der Waals surface area (Å²) in [4.78, 5) is 22.7. The Kier molecular flexibility index (Phi) is 7.15. The lowest BCUT2D eigenvalue weighted by atomic mass is 9.44. The number of hydrogen-bond acceptors (Lipinski definition) is 6. The van der Waals surface area contributed by atoms with E-state index >= 15 is 0 Å². The van der Waals surface area contributed by atoms with Crippen LogP contribution in [0.3, 0.4) is 0 Å². The van der Waals surface area contributed by atoms with Crippen LogP contribution in [0.15, 0.2) is 0 Å². The molecule has 10 atom stereocenters. The summed E-state index contributed by atoms with van der Waals surface area (Å²) in [6.45, 7) is 7.39. The molecule has 4 aliphatic rings. The fourth-order valence-electron chi connectivity index (χ4n) is 9.30. The smallest absolute Gasteiger partial charge is 0.305 e. The zero-order chi connectivity index (χ0) is 24.9. The van der Waals surface area contributed by atoms with Crippen LogP contribution in [0.25, 0.3) is 0 Å². The summed E-state index contributed by atoms with van der Waals surface area (Å²) in [7, 11) is -2.78. The van der Waals surface area contributed by atoms with Gasteiger partial charge in [0, 0.05) is 6.42 Å². The van der Waals surface area contributed by atoms with Gasteiger partial charge in [-0.25, -0.2) is 0 Å². The first-order chi connectivity index (χ1) is 16.0. The summed E-state index contributed by atoms with van der Waals surface area (Å²) in [6, 6.07) is 0. The summed E-state index contributed by atoms with van der Waals surface area (Å²) in [5, 5.41) is -0.751. The molecule has 0 aliphatic heterocycles. The van der Waals surface area contributed by atoms with E-state index in [-0.39, 0.29) is 46.6 Å². The van der Waals surface area contributed by atoms with Crippen LogP contribution in [0.2, 0.25) is 0 Å². The van der Waals surface area contributed by atoms with Gasteiger partial charge in [0.1, 0.15) is 6.10 Å². The van der Waals surface area contributed by atoms with Gasteiger partial charge in [-0.1, -0.05) is 20.8 Å². The molecule has 0 amide bonds. The highest BCUT2D eigenvalue weighted by molar-refractivity contribution is 7.86. The molecule has 7 nitrogen and oxygen atoms in total. The lowest BCUT2D eigenvalue weighted by Crippen LogP contribution is -2.60. The number of ether oxygens (including phenoxy) is 2. The third kappa shape index (κ3) is 4.31. The van der Waals surface area contributed by atoms with Crippen molar-refractivity contribution in [3.8, 4) is 0 Å². The topological polar surface area (TPSA) is 107 Å². The molecule has 2 unspecified atom stereocenters. The molecule has 4 saturated carbocycles. The van der Waals surface area contributed by atoms with Crippen molar-refractivity contribution < 1.29 is 32.0 Å². The zero-order valence-electron chi connectivity index (χ0n) is 21.1. The first-order valence-electron chi connectivity index (χ1n) is 13.1. The van der Waals surface area contributed by atoms with E-state index in [1.54, 1.807) is 0 Å². The number of hydrogen-bond donors (Lipinski definition) is 1. The average Bonchev–Trinajstić information content (AvgIpc) is 3.13. The normalized spacial score (nSPS) is 44.8. The minimum Gasteiger partial charge on any atom is -0.469 e. The Labute approximate surface area is 204 Å². The third-order valence-electron chi connectivity index (χ3n) is 11.0. The molecule has 0 aromatic rings. The summed E-state index contributed by atoms with van der Waals surface area (Å²) < 4.78 is 46.1. The third-order valence-corrected chi connectivity index (χ3v) is 12.3. The lowest BCUT2D eigenvalue weighted by Gasteiger charge is -2.62. The van der Waals surface area contributed by atoms with Crippen molar-refractivity contribution >= 4 is 22.6 Å². The minimum absolute atomic E-state index is 0.00448. The molecular formula is C26H42O7S. The van der Waals surface area contributed by atoms with Gasteiger partial charge in [0.2, 0.25) is 0 Å². The quantitative estimate of drug-likeness (QED) is 0.309. The van der Waals surface area contributed by atoms with Crippen LogP contribution in [-0.4, -0.2) is 43.9 Å². The molecule has 0 aromatic carbocycles. The zero-order valence-corrected chi connectivity index (χ0v) is 21.9. The van der Waals surface area contributed by atoms with E-state index in [0.717, 1.165) is 44.9 Å². The maximum absolute atomic E-state index is 12.8. The van der Waals surface area contributed by atoms with Gasteiger partial charge in [-0.2, -0.15) is 8.42 Å². The van der Waals surface area contributed by atoms with Crippen molar-refractivity contribution in [3.63, 3.8) is 0 Å². The second-order valence-corrected chi connectivity index (χ2v) is 13.9. The maximum atomic E-state index is 12.8. The predicted molar refractivity (Wildman–Crippen MR) is 127 cm³/mol. The van der Waals surface area contributed by atoms with Crippen LogP contribution >= 0.6 is 0 Å². The standard InChI is InChI=1S/C26H42O7S/c1-16(5-8-23(28)32-4)19-6-7-20-24-21(10-12-26(19,20)3)25(2)11-9-18(33-15-27)13-17(25)14-22(24)34(29,30)31/h15-22,24H,5-14H2,1-4H3,(H,29,30,31)/t16-,17+,18-,19-,20?,21?,22-,24+,25+,26-/m1/s1. The molecule has 0 radical (unpaired) electrons. The van der Waals surface area contributed by atoms with Crippen molar-refractivity contribution in [1.29, 1.82) is 0 Å². The molecule has 0 spiro atoms. The van der Waals surface area contributed by atoms with Crippen molar-refractivity contribution in [2.45, 2.75) is 96.3 Å². The molecule has 0 heterocycles. The van der Waals surface area contributed by atoms with E-state index in [1.165, 1.54) is 7.11 Å². The van der Waals surface area contributed by atoms with Crippen molar-refractivity contribution in [2.24, 2.45) is 46.3 Å². The van der Waals surface area contributed by atoms with Gasteiger partial charge in [-0.3, -0.25) is 14.1 Å². The van der Waals surface area contributed by atoms with Crippen molar-refractivity contribution in [1.82, 2.24) is 0 Å². The Morgan fingerprint density at radius 3 is 2.41 bits per heavy atom. The van der Waals surface area contributed by atoms with Gasteiger partial charge in [-0.15, -0.1) is 0 Å². The number of fused-ring (bicyclic) bond motifs is 5. The summed E-state index contributed by atoms with van der Waals surface area (Å²) in [5.41, 5.74) is 0.0190. The molecule has 8 heteroatoms. The van der Waals surface area contributed by atoms with Crippen LogP contribution in [0, 0.1) is 46.3 Å². The Hall–Kier alpha value is -1.15. The van der Waals surface area contributed by atoms with Crippen LogP contribution in [0.5, 0.6) is 0 Å². The Morgan fingerprint density at radius 2 is 1.76 bits per heavy atom. The number of carbonyl (C=O) groups excluding carboxylic acids is 2. The van der Waals surface area contributed by atoms with Gasteiger partial charge in [0.05, 0.1) is 12.4 Å². The second kappa shape index (κ2) is 9.38. The highest BCUT2D eigenvalue weighted by Crippen LogP contribution is 2.69. The fourth-order valence-corrected chi connectivity index (χ4v) is 10.6. The molecule has 4 fully saturated rings. The molecule has 4 rings (SSSR count). The van der Waals surface area contributed by atoms with E-state index in [9.17, 15) is 22.6 Å². The molecule has 0 saturated heterocycles. The van der Waals surface area contributed by atoms with E-state index < -0.39 is 15.4 Å². The number of methoxy groups -OCH3 is 1.